The second-order valence-corrected chi connectivity index (χ2v) is 8.25. The molecule has 1 aliphatic heterocycles. The van der Waals surface area contributed by atoms with E-state index in [-0.39, 0.29) is 11.8 Å². The van der Waals surface area contributed by atoms with E-state index in [0.29, 0.717) is 23.2 Å². The molecule has 150 valence electrons. The van der Waals surface area contributed by atoms with Gasteiger partial charge in [0.05, 0.1) is 11.5 Å². The monoisotopic (exact) mass is 390 g/mol. The molecule has 1 N–H and O–H groups in total. The zero-order chi connectivity index (χ0) is 20.4. The lowest BCUT2D eigenvalue weighted by Gasteiger charge is -2.22. The van der Waals surface area contributed by atoms with Crippen molar-refractivity contribution < 1.29 is 9.32 Å². The number of nitrogens with zero attached hydrogens (tertiary/aromatic N) is 3. The third kappa shape index (κ3) is 4.07. The lowest BCUT2D eigenvalue weighted by atomic mass is 9.89. The molecule has 0 bridgehead atoms. The Morgan fingerprint density at radius 1 is 1.03 bits per heavy atom. The Balaban J connectivity index is 1.54. The maximum atomic E-state index is 12.6. The standard InChI is InChI=1S/C23H26N4O2/c1-23(2,25-20(28)17-12-8-5-9-13-17)22-24-21(29-26-22)19-15-27(3)14-18(19)16-10-6-4-7-11-16/h4-13,18-19H,14-15H2,1-3H3,(H,25,28)/t18-,19+/m1/s1. The molecule has 1 fully saturated rings. The van der Waals surface area contributed by atoms with Crippen molar-refractivity contribution in [3.8, 4) is 0 Å². The molecule has 6 heteroatoms. The number of hydrogen-bond acceptors (Lipinski definition) is 5. The summed E-state index contributed by atoms with van der Waals surface area (Å²) in [6.07, 6.45) is 0. The van der Waals surface area contributed by atoms with Gasteiger partial charge in [-0.3, -0.25) is 4.79 Å². The van der Waals surface area contributed by atoms with Crippen LogP contribution < -0.4 is 5.32 Å². The SMILES string of the molecule is CN1C[C@H](c2ccccc2)[C@@H](c2nc(C(C)(C)NC(=O)c3ccccc3)no2)C1. The molecule has 0 saturated carbocycles. The Hall–Kier alpha value is -2.99. The summed E-state index contributed by atoms with van der Waals surface area (Å²) < 4.78 is 5.68. The van der Waals surface area contributed by atoms with E-state index in [4.69, 9.17) is 9.51 Å². The minimum atomic E-state index is -0.749. The van der Waals surface area contributed by atoms with Gasteiger partial charge in [-0.05, 0) is 38.6 Å². The van der Waals surface area contributed by atoms with E-state index in [1.54, 1.807) is 12.1 Å². The number of nitrogens with one attached hydrogen (secondary N) is 1. The zero-order valence-corrected chi connectivity index (χ0v) is 17.0. The van der Waals surface area contributed by atoms with Crippen LogP contribution in [0.1, 0.15) is 53.3 Å². The average molecular weight is 390 g/mol. The smallest absolute Gasteiger partial charge is 0.252 e. The summed E-state index contributed by atoms with van der Waals surface area (Å²) in [5.74, 6) is 1.38. The van der Waals surface area contributed by atoms with Crippen LogP contribution in [0.3, 0.4) is 0 Å². The number of amides is 1. The quantitative estimate of drug-likeness (QED) is 0.721. The first-order chi connectivity index (χ1) is 13.9. The minimum Gasteiger partial charge on any atom is -0.340 e. The fourth-order valence-corrected chi connectivity index (χ4v) is 3.93. The molecule has 4 rings (SSSR count). The van der Waals surface area contributed by atoms with Crippen LogP contribution in [0, 0.1) is 0 Å². The zero-order valence-electron chi connectivity index (χ0n) is 17.0. The maximum Gasteiger partial charge on any atom is 0.252 e. The largest absolute Gasteiger partial charge is 0.340 e. The summed E-state index contributed by atoms with van der Waals surface area (Å²) in [7, 11) is 2.11. The van der Waals surface area contributed by atoms with Crippen molar-refractivity contribution in [2.75, 3.05) is 20.1 Å². The summed E-state index contributed by atoms with van der Waals surface area (Å²) in [5.41, 5.74) is 1.13. The van der Waals surface area contributed by atoms with Crippen molar-refractivity contribution in [1.29, 1.82) is 0 Å². The average Bonchev–Trinajstić information content (AvgIpc) is 3.36. The van der Waals surface area contributed by atoms with Gasteiger partial charge >= 0.3 is 0 Å². The van der Waals surface area contributed by atoms with Crippen LogP contribution in [0.5, 0.6) is 0 Å². The molecular weight excluding hydrogens is 364 g/mol. The summed E-state index contributed by atoms with van der Waals surface area (Å²) in [6, 6.07) is 19.6. The maximum absolute atomic E-state index is 12.6. The molecular formula is C23H26N4O2. The fourth-order valence-electron chi connectivity index (χ4n) is 3.93. The Bertz CT molecular complexity index is 969. The number of carbonyl (C=O) groups excluding carboxylic acids is 1. The van der Waals surface area contributed by atoms with E-state index >= 15 is 0 Å². The highest BCUT2D eigenvalue weighted by Crippen LogP contribution is 2.38. The predicted molar refractivity (Wildman–Crippen MR) is 111 cm³/mol. The first-order valence-corrected chi connectivity index (χ1v) is 9.89. The van der Waals surface area contributed by atoms with Crippen LogP contribution in [-0.2, 0) is 5.54 Å². The lowest BCUT2D eigenvalue weighted by molar-refractivity contribution is 0.0907. The summed E-state index contributed by atoms with van der Waals surface area (Å²) in [5, 5.41) is 7.22. The molecule has 1 aliphatic rings. The number of benzene rings is 2. The summed E-state index contributed by atoms with van der Waals surface area (Å²) in [4.78, 5) is 19.6. The molecule has 2 heterocycles. The van der Waals surface area contributed by atoms with Crippen molar-refractivity contribution >= 4 is 5.91 Å². The van der Waals surface area contributed by atoms with Crippen LogP contribution in [0.15, 0.2) is 65.2 Å². The van der Waals surface area contributed by atoms with E-state index in [1.165, 1.54) is 5.56 Å². The van der Waals surface area contributed by atoms with Gasteiger partial charge in [0.1, 0.15) is 0 Å². The highest BCUT2D eigenvalue weighted by Gasteiger charge is 2.38. The van der Waals surface area contributed by atoms with Crippen LogP contribution >= 0.6 is 0 Å². The highest BCUT2D eigenvalue weighted by molar-refractivity contribution is 5.94. The predicted octanol–water partition coefficient (Wildman–Crippen LogP) is 3.55. The third-order valence-corrected chi connectivity index (χ3v) is 5.51. The van der Waals surface area contributed by atoms with Crippen LogP contribution in [0.4, 0.5) is 0 Å². The number of likely N-dealkylation sites (tertiary alicyclic amines) is 1. The molecule has 0 spiro atoms. The molecule has 0 unspecified atom stereocenters. The van der Waals surface area contributed by atoms with Crippen LogP contribution in [0.2, 0.25) is 0 Å². The van der Waals surface area contributed by atoms with Gasteiger partial charge in [0.2, 0.25) is 5.89 Å². The van der Waals surface area contributed by atoms with E-state index in [2.05, 4.69) is 46.7 Å². The molecule has 6 nitrogen and oxygen atoms in total. The number of rotatable bonds is 5. The molecule has 1 aromatic heterocycles. The third-order valence-electron chi connectivity index (χ3n) is 5.51. The molecule has 2 aromatic carbocycles. The van der Waals surface area contributed by atoms with Gasteiger partial charge in [0.15, 0.2) is 5.82 Å². The number of aromatic nitrogens is 2. The number of hydrogen-bond donors (Lipinski definition) is 1. The highest BCUT2D eigenvalue weighted by atomic mass is 16.5. The Morgan fingerprint density at radius 2 is 1.66 bits per heavy atom. The van der Waals surface area contributed by atoms with Gasteiger partial charge in [-0.15, -0.1) is 0 Å². The second kappa shape index (κ2) is 7.79. The number of carbonyl (C=O) groups is 1. The molecule has 1 amide bonds. The molecule has 29 heavy (non-hydrogen) atoms. The van der Waals surface area contributed by atoms with Gasteiger partial charge in [0, 0.05) is 24.6 Å². The van der Waals surface area contributed by atoms with E-state index in [0.717, 1.165) is 13.1 Å². The van der Waals surface area contributed by atoms with Crippen LogP contribution in [0.25, 0.3) is 0 Å². The van der Waals surface area contributed by atoms with Gasteiger partial charge in [-0.25, -0.2) is 0 Å². The fraction of sp³-hybridized carbons (Fsp3) is 0.348. The van der Waals surface area contributed by atoms with Crippen molar-refractivity contribution in [2.45, 2.75) is 31.2 Å². The molecule has 3 aromatic rings. The molecule has 2 atom stereocenters. The van der Waals surface area contributed by atoms with Crippen molar-refractivity contribution in [2.24, 2.45) is 0 Å². The topological polar surface area (TPSA) is 71.3 Å². The Morgan fingerprint density at radius 3 is 2.34 bits per heavy atom. The second-order valence-electron chi connectivity index (χ2n) is 8.25. The lowest BCUT2D eigenvalue weighted by Crippen LogP contribution is -2.41. The van der Waals surface area contributed by atoms with Gasteiger partial charge < -0.3 is 14.7 Å². The van der Waals surface area contributed by atoms with E-state index in [9.17, 15) is 4.79 Å². The Kier molecular flexibility index (Phi) is 5.20. The van der Waals surface area contributed by atoms with E-state index < -0.39 is 5.54 Å². The van der Waals surface area contributed by atoms with Gasteiger partial charge in [-0.2, -0.15) is 4.98 Å². The number of likely N-dealkylation sites (N-methyl/N-ethyl adjacent to an activating group) is 1. The Labute approximate surface area is 170 Å². The van der Waals surface area contributed by atoms with E-state index in [1.807, 2.05) is 38.1 Å². The minimum absolute atomic E-state index is 0.129. The van der Waals surface area contributed by atoms with Crippen molar-refractivity contribution in [1.82, 2.24) is 20.4 Å². The first kappa shape index (κ1) is 19.3. The summed E-state index contributed by atoms with van der Waals surface area (Å²) in [6.45, 7) is 5.58. The van der Waals surface area contributed by atoms with Crippen molar-refractivity contribution in [3.63, 3.8) is 0 Å². The molecule has 1 saturated heterocycles. The normalized spacial score (nSPS) is 20.0. The molecule has 0 radical (unpaired) electrons. The van der Waals surface area contributed by atoms with Gasteiger partial charge in [0.25, 0.3) is 5.91 Å². The van der Waals surface area contributed by atoms with Crippen LogP contribution in [-0.4, -0.2) is 41.1 Å². The van der Waals surface area contributed by atoms with Crippen molar-refractivity contribution in [3.05, 3.63) is 83.5 Å². The molecule has 0 aliphatic carbocycles. The first-order valence-electron chi connectivity index (χ1n) is 9.89. The van der Waals surface area contributed by atoms with Gasteiger partial charge in [-0.1, -0.05) is 53.7 Å². The summed E-state index contributed by atoms with van der Waals surface area (Å²) >= 11 is 0.